The standard InChI is InChI=1S/C12H12BrNO2/c1-7(2)14-12(15)11-6-8-5-9(13)3-4-10(8)16-11/h3-7H,1-2H3,(H,14,15). The summed E-state index contributed by atoms with van der Waals surface area (Å²) in [5.41, 5.74) is 0.720. The van der Waals surface area contributed by atoms with Crippen molar-refractivity contribution in [1.29, 1.82) is 0 Å². The van der Waals surface area contributed by atoms with Crippen molar-refractivity contribution in [2.45, 2.75) is 19.9 Å². The molecular weight excluding hydrogens is 270 g/mol. The molecule has 2 aromatic rings. The number of nitrogens with one attached hydrogen (secondary N) is 1. The van der Waals surface area contributed by atoms with E-state index in [0.29, 0.717) is 5.76 Å². The van der Waals surface area contributed by atoms with Crippen LogP contribution in [-0.2, 0) is 0 Å². The molecule has 0 saturated carbocycles. The Morgan fingerprint density at radius 1 is 1.38 bits per heavy atom. The number of amides is 1. The molecule has 0 aliphatic heterocycles. The highest BCUT2D eigenvalue weighted by molar-refractivity contribution is 9.10. The largest absolute Gasteiger partial charge is 0.451 e. The summed E-state index contributed by atoms with van der Waals surface area (Å²) in [7, 11) is 0. The van der Waals surface area contributed by atoms with Gasteiger partial charge in [0.2, 0.25) is 0 Å². The van der Waals surface area contributed by atoms with E-state index in [2.05, 4.69) is 21.2 Å². The van der Waals surface area contributed by atoms with E-state index in [0.717, 1.165) is 15.4 Å². The third-order valence-electron chi connectivity index (χ3n) is 2.12. The number of carbonyl (C=O) groups excluding carboxylic acids is 1. The molecule has 0 aliphatic rings. The topological polar surface area (TPSA) is 42.2 Å². The zero-order valence-corrected chi connectivity index (χ0v) is 10.7. The number of halogens is 1. The van der Waals surface area contributed by atoms with Crippen molar-refractivity contribution in [3.8, 4) is 0 Å². The van der Waals surface area contributed by atoms with Gasteiger partial charge in [0, 0.05) is 15.9 Å². The first kappa shape index (κ1) is 11.2. The Hall–Kier alpha value is -1.29. The number of rotatable bonds is 2. The lowest BCUT2D eigenvalue weighted by molar-refractivity contribution is 0.0917. The van der Waals surface area contributed by atoms with Crippen molar-refractivity contribution in [1.82, 2.24) is 5.32 Å². The predicted molar refractivity (Wildman–Crippen MR) is 66.5 cm³/mol. The Morgan fingerprint density at radius 3 is 2.81 bits per heavy atom. The van der Waals surface area contributed by atoms with Crippen LogP contribution < -0.4 is 5.32 Å². The third-order valence-corrected chi connectivity index (χ3v) is 2.62. The van der Waals surface area contributed by atoms with Gasteiger partial charge in [0.05, 0.1) is 0 Å². The highest BCUT2D eigenvalue weighted by Crippen LogP contribution is 2.23. The Bertz CT molecular complexity index is 531. The molecule has 0 radical (unpaired) electrons. The van der Waals surface area contributed by atoms with Gasteiger partial charge in [-0.25, -0.2) is 0 Å². The molecule has 1 amide bonds. The molecule has 16 heavy (non-hydrogen) atoms. The lowest BCUT2D eigenvalue weighted by atomic mass is 10.2. The summed E-state index contributed by atoms with van der Waals surface area (Å²) >= 11 is 3.38. The van der Waals surface area contributed by atoms with Crippen LogP contribution in [0, 0.1) is 0 Å². The normalized spacial score (nSPS) is 11.0. The number of hydrogen-bond acceptors (Lipinski definition) is 2. The van der Waals surface area contributed by atoms with Gasteiger partial charge < -0.3 is 9.73 Å². The van der Waals surface area contributed by atoms with Crippen molar-refractivity contribution in [2.75, 3.05) is 0 Å². The molecule has 0 atom stereocenters. The third kappa shape index (κ3) is 2.27. The van der Waals surface area contributed by atoms with Crippen LogP contribution in [0.1, 0.15) is 24.4 Å². The van der Waals surface area contributed by atoms with E-state index in [1.807, 2.05) is 32.0 Å². The minimum absolute atomic E-state index is 0.104. The van der Waals surface area contributed by atoms with Gasteiger partial charge in [-0.3, -0.25) is 4.79 Å². The number of hydrogen-bond donors (Lipinski definition) is 1. The predicted octanol–water partition coefficient (Wildman–Crippen LogP) is 3.33. The first-order chi connectivity index (χ1) is 7.56. The first-order valence-electron chi connectivity index (χ1n) is 5.06. The molecule has 4 heteroatoms. The van der Waals surface area contributed by atoms with Gasteiger partial charge in [-0.15, -0.1) is 0 Å². The van der Waals surface area contributed by atoms with Crippen molar-refractivity contribution in [3.63, 3.8) is 0 Å². The van der Waals surface area contributed by atoms with Gasteiger partial charge in [-0.05, 0) is 38.1 Å². The van der Waals surface area contributed by atoms with Crippen molar-refractivity contribution >= 4 is 32.8 Å². The quantitative estimate of drug-likeness (QED) is 0.918. The molecule has 0 spiro atoms. The summed E-state index contributed by atoms with van der Waals surface area (Å²) in [4.78, 5) is 11.7. The molecular formula is C12H12BrNO2. The minimum atomic E-state index is -0.178. The summed E-state index contributed by atoms with van der Waals surface area (Å²) in [6.07, 6.45) is 0. The van der Waals surface area contributed by atoms with Gasteiger partial charge in [-0.2, -0.15) is 0 Å². The average molecular weight is 282 g/mol. The highest BCUT2D eigenvalue weighted by Gasteiger charge is 2.12. The Balaban J connectivity index is 2.36. The van der Waals surface area contributed by atoms with Crippen molar-refractivity contribution in [3.05, 3.63) is 34.5 Å². The lowest BCUT2D eigenvalue weighted by Crippen LogP contribution is -2.29. The van der Waals surface area contributed by atoms with E-state index >= 15 is 0 Å². The zero-order valence-electron chi connectivity index (χ0n) is 9.08. The maximum atomic E-state index is 11.7. The SMILES string of the molecule is CC(C)NC(=O)c1cc2cc(Br)ccc2o1. The van der Waals surface area contributed by atoms with E-state index in [4.69, 9.17) is 4.42 Å². The molecule has 0 saturated heterocycles. The maximum Gasteiger partial charge on any atom is 0.287 e. The number of benzene rings is 1. The van der Waals surface area contributed by atoms with Crippen LogP contribution in [-0.4, -0.2) is 11.9 Å². The second-order valence-corrected chi connectivity index (χ2v) is 4.84. The molecule has 0 aliphatic carbocycles. The number of furan rings is 1. The van der Waals surface area contributed by atoms with Gasteiger partial charge in [0.25, 0.3) is 5.91 Å². The van der Waals surface area contributed by atoms with Crippen LogP contribution in [0.3, 0.4) is 0 Å². The Kier molecular flexibility index (Phi) is 3.01. The molecule has 0 bridgehead atoms. The second kappa shape index (κ2) is 4.29. The van der Waals surface area contributed by atoms with E-state index < -0.39 is 0 Å². The highest BCUT2D eigenvalue weighted by atomic mass is 79.9. The van der Waals surface area contributed by atoms with Gasteiger partial charge in [-0.1, -0.05) is 15.9 Å². The van der Waals surface area contributed by atoms with Crippen molar-refractivity contribution < 1.29 is 9.21 Å². The van der Waals surface area contributed by atoms with Crippen LogP contribution in [0.15, 0.2) is 33.2 Å². The molecule has 1 aromatic carbocycles. The number of fused-ring (bicyclic) bond motifs is 1. The summed E-state index contributed by atoms with van der Waals surface area (Å²) in [5.74, 6) is 0.170. The molecule has 1 aromatic heterocycles. The van der Waals surface area contributed by atoms with Gasteiger partial charge in [0.15, 0.2) is 5.76 Å². The summed E-state index contributed by atoms with van der Waals surface area (Å²) in [6, 6.07) is 7.50. The monoisotopic (exact) mass is 281 g/mol. The van der Waals surface area contributed by atoms with Crippen LogP contribution in [0.2, 0.25) is 0 Å². The minimum Gasteiger partial charge on any atom is -0.451 e. The Morgan fingerprint density at radius 2 is 2.12 bits per heavy atom. The molecule has 84 valence electrons. The average Bonchev–Trinajstić information content (AvgIpc) is 2.59. The second-order valence-electron chi connectivity index (χ2n) is 3.92. The maximum absolute atomic E-state index is 11.7. The van der Waals surface area contributed by atoms with Crippen molar-refractivity contribution in [2.24, 2.45) is 0 Å². The van der Waals surface area contributed by atoms with Crippen LogP contribution in [0.25, 0.3) is 11.0 Å². The fourth-order valence-corrected chi connectivity index (χ4v) is 1.84. The molecule has 1 heterocycles. The zero-order chi connectivity index (χ0) is 11.7. The first-order valence-corrected chi connectivity index (χ1v) is 5.85. The summed E-state index contributed by atoms with van der Waals surface area (Å²) < 4.78 is 6.42. The van der Waals surface area contributed by atoms with Crippen LogP contribution in [0.5, 0.6) is 0 Å². The van der Waals surface area contributed by atoms with Gasteiger partial charge >= 0.3 is 0 Å². The van der Waals surface area contributed by atoms with E-state index in [-0.39, 0.29) is 11.9 Å². The van der Waals surface area contributed by atoms with E-state index in [1.54, 1.807) is 6.07 Å². The fourth-order valence-electron chi connectivity index (χ4n) is 1.46. The summed E-state index contributed by atoms with van der Waals surface area (Å²) in [6.45, 7) is 3.83. The smallest absolute Gasteiger partial charge is 0.287 e. The van der Waals surface area contributed by atoms with Crippen LogP contribution >= 0.6 is 15.9 Å². The van der Waals surface area contributed by atoms with E-state index in [9.17, 15) is 4.79 Å². The lowest BCUT2D eigenvalue weighted by Gasteiger charge is -2.04. The molecule has 3 nitrogen and oxygen atoms in total. The molecule has 2 rings (SSSR count). The number of carbonyl (C=O) groups is 1. The molecule has 0 unspecified atom stereocenters. The van der Waals surface area contributed by atoms with Crippen LogP contribution in [0.4, 0.5) is 0 Å². The fraction of sp³-hybridized carbons (Fsp3) is 0.250. The molecule has 1 N–H and O–H groups in total. The summed E-state index contributed by atoms with van der Waals surface area (Å²) in [5, 5.41) is 3.71. The van der Waals surface area contributed by atoms with Gasteiger partial charge in [0.1, 0.15) is 5.58 Å². The Labute approximate surface area is 102 Å². The van der Waals surface area contributed by atoms with E-state index in [1.165, 1.54) is 0 Å². The molecule has 0 fully saturated rings.